The molecular weight excluding hydrogens is 377 g/mol. The number of halogens is 2. The zero-order chi connectivity index (χ0) is 19.4. The molecule has 1 unspecified atom stereocenters. The van der Waals surface area contributed by atoms with Gasteiger partial charge in [0.25, 0.3) is 0 Å². The van der Waals surface area contributed by atoms with E-state index in [9.17, 15) is 4.79 Å². The molecule has 0 N–H and O–H groups in total. The van der Waals surface area contributed by atoms with E-state index in [0.717, 1.165) is 44.3 Å². The van der Waals surface area contributed by atoms with Gasteiger partial charge in [0.05, 0.1) is 16.5 Å². The van der Waals surface area contributed by atoms with Crippen LogP contribution in [-0.2, 0) is 24.1 Å². The SMILES string of the molecule is CCc1cc(CC)cc(CC(=O)N2CCCC(c3ccc(Cl)c(Cl)c3)C2)c1. The van der Waals surface area contributed by atoms with Gasteiger partial charge in [0.15, 0.2) is 0 Å². The molecule has 1 aliphatic heterocycles. The Hall–Kier alpha value is -1.51. The maximum atomic E-state index is 12.9. The Labute approximate surface area is 172 Å². The number of likely N-dealkylation sites (tertiary alicyclic amines) is 1. The largest absolute Gasteiger partial charge is 0.342 e. The highest BCUT2D eigenvalue weighted by atomic mass is 35.5. The van der Waals surface area contributed by atoms with Crippen LogP contribution in [-0.4, -0.2) is 23.9 Å². The Bertz CT molecular complexity index is 796. The predicted molar refractivity (Wildman–Crippen MR) is 114 cm³/mol. The Morgan fingerprint density at radius 1 is 1.00 bits per heavy atom. The van der Waals surface area contributed by atoms with Gasteiger partial charge in [0.2, 0.25) is 5.91 Å². The van der Waals surface area contributed by atoms with Gasteiger partial charge >= 0.3 is 0 Å². The molecule has 0 bridgehead atoms. The fourth-order valence-corrected chi connectivity index (χ4v) is 4.18. The topological polar surface area (TPSA) is 20.3 Å². The van der Waals surface area contributed by atoms with Crippen LogP contribution in [0.25, 0.3) is 0 Å². The van der Waals surface area contributed by atoms with Gasteiger partial charge in [-0.2, -0.15) is 0 Å². The molecule has 0 radical (unpaired) electrons. The summed E-state index contributed by atoms with van der Waals surface area (Å²) < 4.78 is 0. The molecule has 2 aromatic rings. The summed E-state index contributed by atoms with van der Waals surface area (Å²) in [4.78, 5) is 15.0. The minimum absolute atomic E-state index is 0.218. The van der Waals surface area contributed by atoms with E-state index in [0.29, 0.717) is 22.4 Å². The van der Waals surface area contributed by atoms with Crippen molar-refractivity contribution in [1.29, 1.82) is 0 Å². The van der Waals surface area contributed by atoms with Gasteiger partial charge in [-0.15, -0.1) is 0 Å². The van der Waals surface area contributed by atoms with Crippen LogP contribution in [0.15, 0.2) is 36.4 Å². The van der Waals surface area contributed by atoms with E-state index in [4.69, 9.17) is 23.2 Å². The normalized spacial score (nSPS) is 17.2. The van der Waals surface area contributed by atoms with E-state index in [2.05, 4.69) is 32.0 Å². The lowest BCUT2D eigenvalue weighted by atomic mass is 9.90. The monoisotopic (exact) mass is 403 g/mol. The number of rotatable bonds is 5. The van der Waals surface area contributed by atoms with E-state index >= 15 is 0 Å². The second-order valence-electron chi connectivity index (χ2n) is 7.39. The fourth-order valence-electron chi connectivity index (χ4n) is 3.88. The van der Waals surface area contributed by atoms with Crippen LogP contribution in [0.4, 0.5) is 0 Å². The van der Waals surface area contributed by atoms with Crippen LogP contribution >= 0.6 is 23.2 Å². The maximum Gasteiger partial charge on any atom is 0.227 e. The number of amides is 1. The molecule has 4 heteroatoms. The Balaban J connectivity index is 1.70. The van der Waals surface area contributed by atoms with E-state index in [1.54, 1.807) is 0 Å². The second kappa shape index (κ2) is 9.12. The van der Waals surface area contributed by atoms with Gasteiger partial charge < -0.3 is 4.90 Å². The molecule has 0 saturated carbocycles. The second-order valence-corrected chi connectivity index (χ2v) is 8.21. The van der Waals surface area contributed by atoms with Crippen LogP contribution in [0.3, 0.4) is 0 Å². The number of hydrogen-bond donors (Lipinski definition) is 0. The van der Waals surface area contributed by atoms with Crippen molar-refractivity contribution in [1.82, 2.24) is 4.90 Å². The van der Waals surface area contributed by atoms with Crippen molar-refractivity contribution in [3.05, 3.63) is 68.7 Å². The lowest BCUT2D eigenvalue weighted by Crippen LogP contribution is -2.40. The number of hydrogen-bond acceptors (Lipinski definition) is 1. The van der Waals surface area contributed by atoms with Crippen LogP contribution in [0.2, 0.25) is 10.0 Å². The molecule has 3 rings (SSSR count). The van der Waals surface area contributed by atoms with Crippen molar-refractivity contribution in [2.24, 2.45) is 0 Å². The van der Waals surface area contributed by atoms with Crippen molar-refractivity contribution in [3.8, 4) is 0 Å². The molecule has 1 atom stereocenters. The van der Waals surface area contributed by atoms with Crippen molar-refractivity contribution in [2.45, 2.75) is 51.9 Å². The Kier molecular flexibility index (Phi) is 6.83. The first kappa shape index (κ1) is 20.2. The predicted octanol–water partition coefficient (Wildman–Crippen LogP) is 6.07. The highest BCUT2D eigenvalue weighted by molar-refractivity contribution is 6.42. The van der Waals surface area contributed by atoms with Crippen molar-refractivity contribution < 1.29 is 4.79 Å². The number of carbonyl (C=O) groups excluding carboxylic acids is 1. The summed E-state index contributed by atoms with van der Waals surface area (Å²) in [5, 5.41) is 1.16. The lowest BCUT2D eigenvalue weighted by molar-refractivity contribution is -0.131. The van der Waals surface area contributed by atoms with Gasteiger partial charge in [0.1, 0.15) is 0 Å². The Morgan fingerprint density at radius 3 is 2.30 bits per heavy atom. The zero-order valence-corrected chi connectivity index (χ0v) is 17.6. The van der Waals surface area contributed by atoms with Gasteiger partial charge in [-0.3, -0.25) is 4.79 Å². The summed E-state index contributed by atoms with van der Waals surface area (Å²) >= 11 is 12.2. The fraction of sp³-hybridized carbons (Fsp3) is 0.435. The maximum absolute atomic E-state index is 12.9. The average molecular weight is 404 g/mol. The minimum atomic E-state index is 0.218. The summed E-state index contributed by atoms with van der Waals surface area (Å²) in [5.74, 6) is 0.542. The van der Waals surface area contributed by atoms with Crippen molar-refractivity contribution >= 4 is 29.1 Å². The smallest absolute Gasteiger partial charge is 0.227 e. The summed E-state index contributed by atoms with van der Waals surface area (Å²) in [5.41, 5.74) is 4.92. The molecule has 2 aromatic carbocycles. The van der Waals surface area contributed by atoms with E-state index in [-0.39, 0.29) is 5.91 Å². The summed E-state index contributed by atoms with van der Waals surface area (Å²) in [6, 6.07) is 12.4. The van der Waals surface area contributed by atoms with Crippen LogP contribution in [0, 0.1) is 0 Å². The van der Waals surface area contributed by atoms with E-state index in [1.807, 2.05) is 23.1 Å². The van der Waals surface area contributed by atoms with E-state index in [1.165, 1.54) is 16.7 Å². The average Bonchev–Trinajstić information content (AvgIpc) is 2.69. The minimum Gasteiger partial charge on any atom is -0.342 e. The highest BCUT2D eigenvalue weighted by Crippen LogP contribution is 2.31. The first-order chi connectivity index (χ1) is 13.0. The quantitative estimate of drug-likeness (QED) is 0.593. The molecule has 2 nitrogen and oxygen atoms in total. The zero-order valence-electron chi connectivity index (χ0n) is 16.1. The third-order valence-electron chi connectivity index (χ3n) is 5.47. The van der Waals surface area contributed by atoms with Crippen LogP contribution < -0.4 is 0 Å². The number of nitrogens with zero attached hydrogens (tertiary/aromatic N) is 1. The summed E-state index contributed by atoms with van der Waals surface area (Å²) in [7, 11) is 0. The molecule has 1 saturated heterocycles. The standard InChI is InChI=1S/C23H27Cl2NO/c1-3-16-10-17(4-2)12-18(11-16)13-23(27)26-9-5-6-20(15-26)19-7-8-21(24)22(25)14-19/h7-8,10-12,14,20H,3-6,9,13,15H2,1-2H3. The molecule has 144 valence electrons. The first-order valence-corrected chi connectivity index (χ1v) is 10.6. The molecular formula is C23H27Cl2NO. The molecule has 0 aromatic heterocycles. The molecule has 0 spiro atoms. The van der Waals surface area contributed by atoms with Gasteiger partial charge in [0, 0.05) is 19.0 Å². The van der Waals surface area contributed by atoms with Crippen LogP contribution in [0.5, 0.6) is 0 Å². The number of benzene rings is 2. The number of carbonyl (C=O) groups is 1. The summed E-state index contributed by atoms with van der Waals surface area (Å²) in [6.07, 6.45) is 4.57. The van der Waals surface area contributed by atoms with Crippen molar-refractivity contribution in [3.63, 3.8) is 0 Å². The molecule has 1 fully saturated rings. The van der Waals surface area contributed by atoms with Gasteiger partial charge in [-0.1, -0.05) is 61.3 Å². The molecule has 27 heavy (non-hydrogen) atoms. The summed E-state index contributed by atoms with van der Waals surface area (Å²) in [6.45, 7) is 5.91. The molecule has 1 aliphatic rings. The highest BCUT2D eigenvalue weighted by Gasteiger charge is 2.25. The van der Waals surface area contributed by atoms with Gasteiger partial charge in [-0.05, 0) is 60.1 Å². The number of piperidine rings is 1. The molecule has 0 aliphatic carbocycles. The van der Waals surface area contributed by atoms with Gasteiger partial charge in [-0.25, -0.2) is 0 Å². The van der Waals surface area contributed by atoms with Crippen LogP contribution in [0.1, 0.15) is 54.9 Å². The number of aryl methyl sites for hydroxylation is 2. The van der Waals surface area contributed by atoms with Crippen molar-refractivity contribution in [2.75, 3.05) is 13.1 Å². The third kappa shape index (κ3) is 5.06. The lowest BCUT2D eigenvalue weighted by Gasteiger charge is -2.33. The first-order valence-electron chi connectivity index (χ1n) is 9.84. The third-order valence-corrected chi connectivity index (χ3v) is 6.21. The molecule has 1 amide bonds. The van der Waals surface area contributed by atoms with E-state index < -0.39 is 0 Å². The Morgan fingerprint density at radius 2 is 1.67 bits per heavy atom. The molecule has 1 heterocycles.